The lowest BCUT2D eigenvalue weighted by Crippen LogP contribution is -2.53. The Morgan fingerprint density at radius 2 is 1.74 bits per heavy atom. The van der Waals surface area contributed by atoms with E-state index in [2.05, 4.69) is 10.6 Å². The third-order valence-corrected chi connectivity index (χ3v) is 7.70. The fraction of sp³-hybridized carbons (Fsp3) is 0.444. The number of nitrogens with one attached hydrogen (secondary N) is 2. The van der Waals surface area contributed by atoms with E-state index in [1.807, 2.05) is 37.3 Å². The predicted molar refractivity (Wildman–Crippen MR) is 142 cm³/mol. The molecule has 0 unspecified atom stereocenters. The first-order valence-corrected chi connectivity index (χ1v) is 13.3. The molecule has 1 atom stereocenters. The van der Waals surface area contributed by atoms with E-state index in [4.69, 9.17) is 16.3 Å². The topological polar surface area (TPSA) is 84.5 Å². The molecule has 2 aromatic carbocycles. The van der Waals surface area contributed by atoms with Crippen molar-refractivity contribution in [1.29, 1.82) is 0 Å². The Morgan fingerprint density at radius 1 is 1.09 bits per heavy atom. The normalized spacial score (nSPS) is 20.6. The highest BCUT2D eigenvalue weighted by atomic mass is 35.5. The Hall–Kier alpha value is -2.35. The van der Waals surface area contributed by atoms with Crippen molar-refractivity contribution in [3.63, 3.8) is 0 Å². The Morgan fingerprint density at radius 3 is 2.34 bits per heavy atom. The number of benzene rings is 2. The molecule has 0 bridgehead atoms. The predicted octanol–water partition coefficient (Wildman–Crippen LogP) is 5.25. The number of rotatable bonds is 10. The van der Waals surface area contributed by atoms with Gasteiger partial charge in [-0.15, -0.1) is 0 Å². The van der Waals surface area contributed by atoms with Crippen LogP contribution in [-0.2, 0) is 25.5 Å². The number of halogens is 1. The van der Waals surface area contributed by atoms with Crippen molar-refractivity contribution in [3.8, 4) is 0 Å². The minimum Gasteiger partial charge on any atom is -0.379 e. The summed E-state index contributed by atoms with van der Waals surface area (Å²) in [5.41, 5.74) is 0.821. The van der Waals surface area contributed by atoms with Crippen molar-refractivity contribution < 1.29 is 19.1 Å². The first-order valence-electron chi connectivity index (χ1n) is 12.0. The van der Waals surface area contributed by atoms with Gasteiger partial charge in [-0.25, -0.2) is 0 Å². The second-order valence-corrected chi connectivity index (χ2v) is 10.5. The molecule has 0 saturated heterocycles. The number of ether oxygens (including phenoxy) is 1. The van der Waals surface area contributed by atoms with Crippen LogP contribution in [0, 0.1) is 5.41 Å². The number of anilines is 1. The van der Waals surface area contributed by atoms with Crippen molar-refractivity contribution in [3.05, 3.63) is 65.2 Å². The summed E-state index contributed by atoms with van der Waals surface area (Å²) in [5.74, 6) is -0.0977. The van der Waals surface area contributed by atoms with Crippen LogP contribution in [0.15, 0.2) is 54.6 Å². The first-order chi connectivity index (χ1) is 16.8. The van der Waals surface area contributed by atoms with E-state index in [9.17, 15) is 14.4 Å². The number of hydrogen-bond acceptors (Lipinski definition) is 5. The average molecular weight is 517 g/mol. The molecule has 35 heavy (non-hydrogen) atoms. The highest BCUT2D eigenvalue weighted by Gasteiger charge is 2.43. The second kappa shape index (κ2) is 13.1. The molecule has 6 nitrogen and oxygen atoms in total. The van der Waals surface area contributed by atoms with E-state index in [1.54, 1.807) is 24.3 Å². The van der Waals surface area contributed by atoms with E-state index in [1.165, 1.54) is 18.7 Å². The van der Waals surface area contributed by atoms with E-state index < -0.39 is 11.5 Å². The molecule has 0 heterocycles. The third kappa shape index (κ3) is 8.09. The van der Waals surface area contributed by atoms with Crippen LogP contribution in [0.1, 0.15) is 45.1 Å². The molecule has 1 aliphatic carbocycles. The zero-order valence-corrected chi connectivity index (χ0v) is 21.8. The average Bonchev–Trinajstić information content (AvgIpc) is 2.85. The van der Waals surface area contributed by atoms with Gasteiger partial charge in [0, 0.05) is 36.4 Å². The van der Waals surface area contributed by atoms with Crippen molar-refractivity contribution in [2.45, 2.75) is 58.1 Å². The molecular formula is C27H33ClN2O4S. The molecule has 8 heteroatoms. The van der Waals surface area contributed by atoms with Crippen LogP contribution in [0.4, 0.5) is 5.69 Å². The van der Waals surface area contributed by atoms with E-state index in [0.29, 0.717) is 42.3 Å². The van der Waals surface area contributed by atoms with Crippen LogP contribution in [0.3, 0.4) is 0 Å². The number of hydrogen-bond donors (Lipinski definition) is 2. The number of carbonyl (C=O) groups is 3. The summed E-state index contributed by atoms with van der Waals surface area (Å²) in [4.78, 5) is 38.8. The fourth-order valence-corrected chi connectivity index (χ4v) is 5.38. The third-order valence-electron chi connectivity index (χ3n) is 6.34. The highest BCUT2D eigenvalue weighted by molar-refractivity contribution is 8.13. The smallest absolute Gasteiger partial charge is 0.247 e. The molecule has 2 aromatic rings. The minimum absolute atomic E-state index is 0.0228. The summed E-state index contributed by atoms with van der Waals surface area (Å²) in [6, 6.07) is 15.7. The highest BCUT2D eigenvalue weighted by Crippen LogP contribution is 2.40. The van der Waals surface area contributed by atoms with Crippen LogP contribution in [-0.4, -0.2) is 41.4 Å². The molecule has 0 radical (unpaired) electrons. The summed E-state index contributed by atoms with van der Waals surface area (Å²) >= 11 is 7.13. The van der Waals surface area contributed by atoms with Gasteiger partial charge in [0.1, 0.15) is 6.04 Å². The molecule has 1 fully saturated rings. The zero-order valence-electron chi connectivity index (χ0n) is 20.2. The molecule has 0 aliphatic heterocycles. The lowest BCUT2D eigenvalue weighted by atomic mass is 9.73. The van der Waals surface area contributed by atoms with Gasteiger partial charge < -0.3 is 15.4 Å². The van der Waals surface area contributed by atoms with Gasteiger partial charge in [-0.1, -0.05) is 53.7 Å². The van der Waals surface area contributed by atoms with Crippen molar-refractivity contribution in [2.75, 3.05) is 17.7 Å². The standard InChI is InChI=1S/C27H33ClN2O4S/c1-3-34-23-13-15-27(16-14-23,18-35-19(2)31)26(33)30-24(17-20-7-5-4-6-8-20)25(32)29-22-11-9-21(28)10-12-22/h4-12,23-24H,3,13-18H2,1-2H3,(H,29,32)(H,30,33)/t23?,24-,27?/m0/s1. The molecule has 1 aliphatic rings. The Balaban J connectivity index is 1.79. The molecular weight excluding hydrogens is 484 g/mol. The van der Waals surface area contributed by atoms with Crippen LogP contribution in [0.5, 0.6) is 0 Å². The van der Waals surface area contributed by atoms with Gasteiger partial charge in [0.2, 0.25) is 11.8 Å². The maximum absolute atomic E-state index is 13.7. The molecule has 2 N–H and O–H groups in total. The Kier molecular flexibility index (Phi) is 10.2. The van der Waals surface area contributed by atoms with E-state index in [0.717, 1.165) is 18.4 Å². The maximum Gasteiger partial charge on any atom is 0.247 e. The largest absolute Gasteiger partial charge is 0.379 e. The van der Waals surface area contributed by atoms with Gasteiger partial charge >= 0.3 is 0 Å². The minimum atomic E-state index is -0.774. The zero-order chi connectivity index (χ0) is 25.3. The molecule has 2 amide bonds. The molecule has 188 valence electrons. The summed E-state index contributed by atoms with van der Waals surface area (Å²) < 4.78 is 5.78. The number of thioether (sulfide) groups is 1. The number of carbonyl (C=O) groups excluding carboxylic acids is 3. The first kappa shape index (κ1) is 27.2. The quantitative estimate of drug-likeness (QED) is 0.450. The molecule has 0 spiro atoms. The lowest BCUT2D eigenvalue weighted by molar-refractivity contribution is -0.136. The Labute approximate surface area is 216 Å². The SMILES string of the molecule is CCOC1CCC(CSC(C)=O)(C(=O)N[C@@H](Cc2ccccc2)C(=O)Nc2ccc(Cl)cc2)CC1. The summed E-state index contributed by atoms with van der Waals surface area (Å²) in [5, 5.41) is 6.48. The van der Waals surface area contributed by atoms with E-state index >= 15 is 0 Å². The molecule has 0 aromatic heterocycles. The van der Waals surface area contributed by atoms with Crippen LogP contribution in [0.2, 0.25) is 5.02 Å². The van der Waals surface area contributed by atoms with Gasteiger partial charge in [-0.05, 0) is 62.4 Å². The summed E-state index contributed by atoms with van der Waals surface area (Å²) in [6.07, 6.45) is 3.20. The summed E-state index contributed by atoms with van der Waals surface area (Å²) in [7, 11) is 0. The van der Waals surface area contributed by atoms with Gasteiger partial charge in [-0.2, -0.15) is 0 Å². The van der Waals surface area contributed by atoms with Crippen LogP contribution < -0.4 is 10.6 Å². The summed E-state index contributed by atoms with van der Waals surface area (Å²) in [6.45, 7) is 4.11. The van der Waals surface area contributed by atoms with Crippen molar-refractivity contribution in [1.82, 2.24) is 5.32 Å². The molecule has 1 saturated carbocycles. The van der Waals surface area contributed by atoms with Gasteiger partial charge in [0.15, 0.2) is 5.12 Å². The van der Waals surface area contributed by atoms with Crippen LogP contribution >= 0.6 is 23.4 Å². The lowest BCUT2D eigenvalue weighted by Gasteiger charge is -2.39. The maximum atomic E-state index is 13.7. The fourth-order valence-electron chi connectivity index (χ4n) is 4.36. The van der Waals surface area contributed by atoms with E-state index in [-0.39, 0.29) is 23.0 Å². The number of amides is 2. The van der Waals surface area contributed by atoms with Gasteiger partial charge in [0.25, 0.3) is 0 Å². The second-order valence-electron chi connectivity index (χ2n) is 8.93. The van der Waals surface area contributed by atoms with Crippen molar-refractivity contribution in [2.24, 2.45) is 5.41 Å². The van der Waals surface area contributed by atoms with Gasteiger partial charge in [0.05, 0.1) is 11.5 Å². The Bertz CT molecular complexity index is 992. The molecule has 3 rings (SSSR count). The van der Waals surface area contributed by atoms with Crippen LogP contribution in [0.25, 0.3) is 0 Å². The van der Waals surface area contributed by atoms with Crippen molar-refractivity contribution >= 4 is 46.0 Å². The van der Waals surface area contributed by atoms with Gasteiger partial charge in [-0.3, -0.25) is 14.4 Å². The monoisotopic (exact) mass is 516 g/mol.